The first-order valence-corrected chi connectivity index (χ1v) is 11.4. The van der Waals surface area contributed by atoms with Crippen molar-refractivity contribution in [2.24, 2.45) is 11.8 Å². The maximum Gasteiger partial charge on any atom is 0.251 e. The molecule has 7 nitrogen and oxygen atoms in total. The Morgan fingerprint density at radius 3 is 2.80 bits per heavy atom. The zero-order valence-corrected chi connectivity index (χ0v) is 18.0. The van der Waals surface area contributed by atoms with Crippen molar-refractivity contribution in [2.45, 2.75) is 38.1 Å². The predicted octanol–water partition coefficient (Wildman–Crippen LogP) is 1.02. The number of likely N-dealkylation sites (N-methyl/N-ethyl adjacent to an activating group) is 1. The van der Waals surface area contributed by atoms with Gasteiger partial charge in [0.25, 0.3) is 5.91 Å². The van der Waals surface area contributed by atoms with Crippen LogP contribution in [0.5, 0.6) is 0 Å². The van der Waals surface area contributed by atoms with E-state index in [1.54, 1.807) is 0 Å². The molecule has 30 heavy (non-hydrogen) atoms. The molecule has 1 aromatic carbocycles. The van der Waals surface area contributed by atoms with E-state index in [2.05, 4.69) is 39.1 Å². The number of rotatable bonds is 6. The van der Waals surface area contributed by atoms with Gasteiger partial charge in [-0.15, -0.1) is 0 Å². The minimum atomic E-state index is -0.00794. The molecule has 1 aliphatic carbocycles. The van der Waals surface area contributed by atoms with E-state index < -0.39 is 0 Å². The van der Waals surface area contributed by atoms with Gasteiger partial charge in [-0.1, -0.05) is 25.0 Å². The Labute approximate surface area is 179 Å². The fourth-order valence-electron chi connectivity index (χ4n) is 5.13. The van der Waals surface area contributed by atoms with Gasteiger partial charge in [-0.2, -0.15) is 0 Å². The summed E-state index contributed by atoms with van der Waals surface area (Å²) in [4.78, 5) is 29.6. The molecule has 1 aromatic rings. The van der Waals surface area contributed by atoms with Crippen LogP contribution in [0.4, 0.5) is 0 Å². The number of carbonyl (C=O) groups is 2. The predicted molar refractivity (Wildman–Crippen MR) is 117 cm³/mol. The van der Waals surface area contributed by atoms with Gasteiger partial charge in [0, 0.05) is 56.8 Å². The lowest BCUT2D eigenvalue weighted by Crippen LogP contribution is -2.60. The van der Waals surface area contributed by atoms with E-state index in [-0.39, 0.29) is 23.8 Å². The number of nitrogens with zero attached hydrogens (tertiary/aromatic N) is 2. The second kappa shape index (κ2) is 9.90. The number of nitrogens with one attached hydrogen (secondary N) is 3. The molecule has 3 N–H and O–H groups in total. The van der Waals surface area contributed by atoms with Crippen LogP contribution in [0.1, 0.15) is 41.6 Å². The van der Waals surface area contributed by atoms with Crippen molar-refractivity contribution in [3.05, 3.63) is 35.4 Å². The number of hydrogen-bond donors (Lipinski definition) is 3. The third kappa shape index (κ3) is 5.20. The van der Waals surface area contributed by atoms with Gasteiger partial charge in [0.1, 0.15) is 0 Å². The molecule has 0 spiro atoms. The molecule has 3 atom stereocenters. The fraction of sp³-hybridized carbons (Fsp3) is 0.652. The van der Waals surface area contributed by atoms with Crippen LogP contribution in [0.2, 0.25) is 0 Å². The molecule has 2 amide bonds. The standard InChI is InChI=1S/C23H35N5O2/c1-27-11-13-28(14-12-27)10-9-24-22(29)18-6-4-5-17(15-18)16-21-19-7-2-3-8-20(19)23(30)26-25-21/h4-6,15,19-21,25H,2-3,7-14,16H2,1H3,(H,24,29)(H,26,30). The Morgan fingerprint density at radius 2 is 1.97 bits per heavy atom. The second-order valence-electron chi connectivity index (χ2n) is 9.10. The van der Waals surface area contributed by atoms with E-state index in [1.165, 1.54) is 6.42 Å². The van der Waals surface area contributed by atoms with E-state index in [0.717, 1.165) is 64.0 Å². The maximum atomic E-state index is 12.6. The Bertz CT molecular complexity index is 747. The van der Waals surface area contributed by atoms with Gasteiger partial charge in [-0.25, -0.2) is 5.43 Å². The van der Waals surface area contributed by atoms with Crippen LogP contribution in [0, 0.1) is 11.8 Å². The van der Waals surface area contributed by atoms with Crippen LogP contribution in [0.3, 0.4) is 0 Å². The molecule has 1 saturated carbocycles. The lowest BCUT2D eigenvalue weighted by molar-refractivity contribution is -0.133. The Kier molecular flexibility index (Phi) is 7.02. The summed E-state index contributed by atoms with van der Waals surface area (Å²) in [5, 5.41) is 3.07. The number of hydrogen-bond acceptors (Lipinski definition) is 5. The third-order valence-corrected chi connectivity index (χ3v) is 7.01. The molecule has 3 aliphatic rings. The van der Waals surface area contributed by atoms with E-state index in [9.17, 15) is 9.59 Å². The highest BCUT2D eigenvalue weighted by Gasteiger charge is 2.39. The van der Waals surface area contributed by atoms with Gasteiger partial charge < -0.3 is 10.2 Å². The van der Waals surface area contributed by atoms with Gasteiger partial charge in [0.05, 0.1) is 0 Å². The summed E-state index contributed by atoms with van der Waals surface area (Å²) in [5.41, 5.74) is 7.96. The fourth-order valence-corrected chi connectivity index (χ4v) is 5.13. The molecular formula is C23H35N5O2. The van der Waals surface area contributed by atoms with Crippen molar-refractivity contribution in [1.82, 2.24) is 26.0 Å². The Morgan fingerprint density at radius 1 is 1.17 bits per heavy atom. The smallest absolute Gasteiger partial charge is 0.251 e. The summed E-state index contributed by atoms with van der Waals surface area (Å²) in [6.45, 7) is 5.88. The monoisotopic (exact) mass is 413 g/mol. The number of benzene rings is 1. The molecule has 3 unspecified atom stereocenters. The van der Waals surface area contributed by atoms with Crippen molar-refractivity contribution in [3.63, 3.8) is 0 Å². The van der Waals surface area contributed by atoms with Crippen molar-refractivity contribution < 1.29 is 9.59 Å². The highest BCUT2D eigenvalue weighted by atomic mass is 16.2. The number of hydrazine groups is 1. The van der Waals surface area contributed by atoms with Gasteiger partial charge in [-0.05, 0) is 49.9 Å². The third-order valence-electron chi connectivity index (χ3n) is 7.01. The molecule has 3 fully saturated rings. The quantitative estimate of drug-likeness (QED) is 0.649. The van der Waals surface area contributed by atoms with Gasteiger partial charge >= 0.3 is 0 Å². The van der Waals surface area contributed by atoms with Crippen LogP contribution in [-0.4, -0.2) is 74.0 Å². The zero-order valence-electron chi connectivity index (χ0n) is 18.0. The first-order chi connectivity index (χ1) is 14.6. The topological polar surface area (TPSA) is 76.7 Å². The number of fused-ring (bicyclic) bond motifs is 1. The van der Waals surface area contributed by atoms with E-state index >= 15 is 0 Å². The van der Waals surface area contributed by atoms with Gasteiger partial charge in [0.2, 0.25) is 5.91 Å². The Balaban J connectivity index is 1.30. The molecule has 7 heteroatoms. The molecular weight excluding hydrogens is 378 g/mol. The summed E-state index contributed by atoms with van der Waals surface area (Å²) < 4.78 is 0. The molecule has 2 saturated heterocycles. The van der Waals surface area contributed by atoms with E-state index in [4.69, 9.17) is 0 Å². The molecule has 4 rings (SSSR count). The zero-order chi connectivity index (χ0) is 20.9. The van der Waals surface area contributed by atoms with Crippen molar-refractivity contribution in [2.75, 3.05) is 46.3 Å². The molecule has 2 heterocycles. The summed E-state index contributed by atoms with van der Waals surface area (Å²) in [6.07, 6.45) is 5.25. The van der Waals surface area contributed by atoms with E-state index in [1.807, 2.05) is 18.2 Å². The molecule has 0 radical (unpaired) electrons. The average molecular weight is 414 g/mol. The molecule has 164 valence electrons. The van der Waals surface area contributed by atoms with Crippen LogP contribution in [0.15, 0.2) is 24.3 Å². The van der Waals surface area contributed by atoms with Crippen LogP contribution in [0.25, 0.3) is 0 Å². The van der Waals surface area contributed by atoms with Crippen LogP contribution >= 0.6 is 0 Å². The van der Waals surface area contributed by atoms with Crippen molar-refractivity contribution in [1.29, 1.82) is 0 Å². The number of piperazine rings is 1. The minimum absolute atomic E-state index is 0.00794. The van der Waals surface area contributed by atoms with Crippen molar-refractivity contribution in [3.8, 4) is 0 Å². The molecule has 2 aliphatic heterocycles. The largest absolute Gasteiger partial charge is 0.351 e. The highest BCUT2D eigenvalue weighted by Crippen LogP contribution is 2.35. The van der Waals surface area contributed by atoms with E-state index in [0.29, 0.717) is 18.0 Å². The van der Waals surface area contributed by atoms with Crippen LogP contribution < -0.4 is 16.2 Å². The van der Waals surface area contributed by atoms with Crippen molar-refractivity contribution >= 4 is 11.8 Å². The number of amides is 2. The first kappa shape index (κ1) is 21.3. The normalized spacial score (nSPS) is 27.9. The highest BCUT2D eigenvalue weighted by molar-refractivity contribution is 5.94. The molecule has 0 bridgehead atoms. The lowest BCUT2D eigenvalue weighted by atomic mass is 9.72. The summed E-state index contributed by atoms with van der Waals surface area (Å²) in [6, 6.07) is 8.15. The maximum absolute atomic E-state index is 12.6. The average Bonchev–Trinajstić information content (AvgIpc) is 2.77. The van der Waals surface area contributed by atoms with Gasteiger partial charge in [0.15, 0.2) is 0 Å². The summed E-state index contributed by atoms with van der Waals surface area (Å²) >= 11 is 0. The number of carbonyl (C=O) groups excluding carboxylic acids is 2. The second-order valence-corrected chi connectivity index (χ2v) is 9.10. The van der Waals surface area contributed by atoms with Crippen LogP contribution in [-0.2, 0) is 11.2 Å². The van der Waals surface area contributed by atoms with Gasteiger partial charge in [-0.3, -0.25) is 19.9 Å². The Hall–Kier alpha value is -1.96. The SMILES string of the molecule is CN1CCN(CCNC(=O)c2cccc(CC3NNC(=O)C4CCCCC34)c2)CC1. The summed E-state index contributed by atoms with van der Waals surface area (Å²) in [5.74, 6) is 0.649. The molecule has 0 aromatic heterocycles. The minimum Gasteiger partial charge on any atom is -0.351 e. The summed E-state index contributed by atoms with van der Waals surface area (Å²) in [7, 11) is 2.15. The first-order valence-electron chi connectivity index (χ1n) is 11.4. The lowest BCUT2D eigenvalue weighted by Gasteiger charge is -2.41.